The molecule has 2 aromatic rings. The molecule has 1 heterocycles. The van der Waals surface area contributed by atoms with Gasteiger partial charge in [-0.3, -0.25) is 10.1 Å². The van der Waals surface area contributed by atoms with Crippen LogP contribution in [-0.2, 0) is 4.79 Å². The lowest BCUT2D eigenvalue weighted by molar-refractivity contribution is -0.116. The quantitative estimate of drug-likeness (QED) is 0.846. The van der Waals surface area contributed by atoms with Gasteiger partial charge in [-0.25, -0.2) is 0 Å². The summed E-state index contributed by atoms with van der Waals surface area (Å²) < 4.78 is 15.8. The second kappa shape index (κ2) is 7.44. The molecule has 0 saturated carbocycles. The van der Waals surface area contributed by atoms with Crippen LogP contribution in [0.1, 0.15) is 26.2 Å². The van der Waals surface area contributed by atoms with Gasteiger partial charge in [0.25, 0.3) is 0 Å². The normalized spacial score (nSPS) is 10.3. The van der Waals surface area contributed by atoms with E-state index in [0.717, 1.165) is 12.8 Å². The molecule has 7 heteroatoms. The smallest absolute Gasteiger partial charge is 0.322 e. The zero-order valence-electron chi connectivity index (χ0n) is 12.9. The van der Waals surface area contributed by atoms with E-state index in [2.05, 4.69) is 15.5 Å². The van der Waals surface area contributed by atoms with Crippen LogP contribution in [0.2, 0.25) is 0 Å². The lowest BCUT2D eigenvalue weighted by atomic mass is 10.2. The highest BCUT2D eigenvalue weighted by atomic mass is 16.5. The summed E-state index contributed by atoms with van der Waals surface area (Å²) in [6.45, 7) is 2.02. The van der Waals surface area contributed by atoms with Gasteiger partial charge in [-0.1, -0.05) is 18.4 Å². The van der Waals surface area contributed by atoms with E-state index in [0.29, 0.717) is 29.4 Å². The van der Waals surface area contributed by atoms with Gasteiger partial charge in [0.05, 0.1) is 14.2 Å². The molecule has 7 nitrogen and oxygen atoms in total. The van der Waals surface area contributed by atoms with E-state index in [-0.39, 0.29) is 11.9 Å². The molecule has 118 valence electrons. The zero-order chi connectivity index (χ0) is 15.9. The molecule has 0 aliphatic rings. The largest absolute Gasteiger partial charge is 0.493 e. The van der Waals surface area contributed by atoms with Crippen LogP contribution in [0.3, 0.4) is 0 Å². The maximum Gasteiger partial charge on any atom is 0.322 e. The van der Waals surface area contributed by atoms with Crippen LogP contribution < -0.4 is 14.8 Å². The third-order valence-electron chi connectivity index (χ3n) is 3.06. The van der Waals surface area contributed by atoms with Gasteiger partial charge in [-0.2, -0.15) is 0 Å². The van der Waals surface area contributed by atoms with Crippen molar-refractivity contribution in [2.45, 2.75) is 26.2 Å². The average molecular weight is 305 g/mol. The van der Waals surface area contributed by atoms with Crippen molar-refractivity contribution < 1.29 is 18.7 Å². The molecule has 1 aromatic carbocycles. The third kappa shape index (κ3) is 3.75. The molecular weight excluding hydrogens is 286 g/mol. The Kier molecular flexibility index (Phi) is 5.35. The Hall–Kier alpha value is -2.57. The number of hydrogen-bond donors (Lipinski definition) is 1. The number of unbranched alkanes of at least 4 members (excludes halogenated alkanes) is 1. The van der Waals surface area contributed by atoms with Crippen molar-refractivity contribution >= 4 is 11.9 Å². The van der Waals surface area contributed by atoms with Gasteiger partial charge in [-0.15, -0.1) is 5.10 Å². The maximum atomic E-state index is 11.6. The molecule has 0 saturated heterocycles. The molecule has 0 aliphatic carbocycles. The molecule has 2 rings (SSSR count). The SMILES string of the molecule is CCCCC(=O)Nc1nnc(-c2ccc(OC)c(OC)c2)o1. The van der Waals surface area contributed by atoms with E-state index in [4.69, 9.17) is 13.9 Å². The number of nitrogens with zero attached hydrogens (tertiary/aromatic N) is 2. The Morgan fingerprint density at radius 1 is 1.23 bits per heavy atom. The second-order valence-electron chi connectivity index (χ2n) is 4.63. The summed E-state index contributed by atoms with van der Waals surface area (Å²) in [5, 5.41) is 10.3. The fourth-order valence-corrected chi connectivity index (χ4v) is 1.88. The summed E-state index contributed by atoms with van der Waals surface area (Å²) in [4.78, 5) is 11.6. The first-order valence-corrected chi connectivity index (χ1v) is 7.03. The second-order valence-corrected chi connectivity index (χ2v) is 4.63. The van der Waals surface area contributed by atoms with Gasteiger partial charge in [0.1, 0.15) is 0 Å². The number of aromatic nitrogens is 2. The first-order chi connectivity index (χ1) is 10.7. The molecule has 0 aliphatic heterocycles. The molecule has 0 spiro atoms. The minimum absolute atomic E-state index is 0.0888. The summed E-state index contributed by atoms with van der Waals surface area (Å²) in [6, 6.07) is 5.34. The van der Waals surface area contributed by atoms with Crippen molar-refractivity contribution in [2.24, 2.45) is 0 Å². The molecule has 1 N–H and O–H groups in total. The number of methoxy groups -OCH3 is 2. The maximum absolute atomic E-state index is 11.6. The Bertz CT molecular complexity index is 639. The van der Waals surface area contributed by atoms with Gasteiger partial charge in [0, 0.05) is 12.0 Å². The van der Waals surface area contributed by atoms with Crippen LogP contribution in [-0.4, -0.2) is 30.3 Å². The van der Waals surface area contributed by atoms with E-state index in [1.54, 1.807) is 32.4 Å². The molecular formula is C15H19N3O4. The number of carbonyl (C=O) groups excluding carboxylic acids is 1. The number of benzene rings is 1. The van der Waals surface area contributed by atoms with Crippen LogP contribution in [0.25, 0.3) is 11.5 Å². The predicted octanol–water partition coefficient (Wildman–Crippen LogP) is 2.88. The first kappa shape index (κ1) is 15.8. The van der Waals surface area contributed by atoms with Crippen molar-refractivity contribution in [2.75, 3.05) is 19.5 Å². The summed E-state index contributed by atoms with van der Waals surface area (Å²) in [5.41, 5.74) is 0.680. The monoisotopic (exact) mass is 305 g/mol. The molecule has 0 atom stereocenters. The number of ether oxygens (including phenoxy) is 2. The van der Waals surface area contributed by atoms with Crippen molar-refractivity contribution in [3.63, 3.8) is 0 Å². The molecule has 0 bridgehead atoms. The van der Waals surface area contributed by atoms with Crippen molar-refractivity contribution in [1.29, 1.82) is 0 Å². The van der Waals surface area contributed by atoms with Gasteiger partial charge < -0.3 is 13.9 Å². The highest BCUT2D eigenvalue weighted by Crippen LogP contribution is 2.32. The minimum atomic E-state index is -0.135. The van der Waals surface area contributed by atoms with Gasteiger partial charge in [-0.05, 0) is 24.6 Å². The summed E-state index contributed by atoms with van der Waals surface area (Å²) in [5.74, 6) is 1.33. The van der Waals surface area contributed by atoms with Crippen molar-refractivity contribution in [3.05, 3.63) is 18.2 Å². The molecule has 1 aromatic heterocycles. The Morgan fingerprint density at radius 2 is 2.00 bits per heavy atom. The Balaban J connectivity index is 2.12. The van der Waals surface area contributed by atoms with E-state index in [1.165, 1.54) is 0 Å². The zero-order valence-corrected chi connectivity index (χ0v) is 12.9. The Labute approximate surface area is 128 Å². The molecule has 1 amide bonds. The van der Waals surface area contributed by atoms with Crippen LogP contribution in [0.15, 0.2) is 22.6 Å². The van der Waals surface area contributed by atoms with Crippen LogP contribution in [0.5, 0.6) is 11.5 Å². The molecule has 0 radical (unpaired) electrons. The number of rotatable bonds is 7. The standard InChI is InChI=1S/C15H19N3O4/c1-4-5-6-13(19)16-15-18-17-14(22-15)10-7-8-11(20-2)12(9-10)21-3/h7-9H,4-6H2,1-3H3,(H,16,18,19). The van der Waals surface area contributed by atoms with E-state index >= 15 is 0 Å². The highest BCUT2D eigenvalue weighted by molar-refractivity contribution is 5.88. The fourth-order valence-electron chi connectivity index (χ4n) is 1.88. The van der Waals surface area contributed by atoms with E-state index < -0.39 is 0 Å². The topological polar surface area (TPSA) is 86.5 Å². The minimum Gasteiger partial charge on any atom is -0.493 e. The number of hydrogen-bond acceptors (Lipinski definition) is 6. The van der Waals surface area contributed by atoms with Gasteiger partial charge >= 0.3 is 6.01 Å². The van der Waals surface area contributed by atoms with Crippen molar-refractivity contribution in [1.82, 2.24) is 10.2 Å². The summed E-state index contributed by atoms with van der Waals surface area (Å²) in [6.07, 6.45) is 2.21. The van der Waals surface area contributed by atoms with Crippen LogP contribution in [0, 0.1) is 0 Å². The summed E-state index contributed by atoms with van der Waals surface area (Å²) in [7, 11) is 3.11. The lowest BCUT2D eigenvalue weighted by Crippen LogP contribution is -2.11. The van der Waals surface area contributed by atoms with Crippen LogP contribution >= 0.6 is 0 Å². The van der Waals surface area contributed by atoms with Gasteiger partial charge in [0.15, 0.2) is 11.5 Å². The average Bonchev–Trinajstić information content (AvgIpc) is 3.00. The highest BCUT2D eigenvalue weighted by Gasteiger charge is 2.13. The van der Waals surface area contributed by atoms with E-state index in [1.807, 2.05) is 6.92 Å². The molecule has 0 unspecified atom stereocenters. The van der Waals surface area contributed by atoms with Gasteiger partial charge in [0.2, 0.25) is 11.8 Å². The predicted molar refractivity (Wildman–Crippen MR) is 81.0 cm³/mol. The Morgan fingerprint density at radius 3 is 2.68 bits per heavy atom. The third-order valence-corrected chi connectivity index (χ3v) is 3.06. The molecule has 0 fully saturated rings. The molecule has 22 heavy (non-hydrogen) atoms. The number of amides is 1. The number of nitrogens with one attached hydrogen (secondary N) is 1. The first-order valence-electron chi connectivity index (χ1n) is 7.03. The van der Waals surface area contributed by atoms with E-state index in [9.17, 15) is 4.79 Å². The fraction of sp³-hybridized carbons (Fsp3) is 0.400. The number of carbonyl (C=O) groups is 1. The number of anilines is 1. The summed E-state index contributed by atoms with van der Waals surface area (Å²) >= 11 is 0. The lowest BCUT2D eigenvalue weighted by Gasteiger charge is -2.07. The van der Waals surface area contributed by atoms with Crippen LogP contribution in [0.4, 0.5) is 6.01 Å². The van der Waals surface area contributed by atoms with Crippen molar-refractivity contribution in [3.8, 4) is 23.0 Å².